The van der Waals surface area contributed by atoms with E-state index in [1.807, 2.05) is 12.1 Å². The summed E-state index contributed by atoms with van der Waals surface area (Å²) in [5.74, 6) is 0.464. The average Bonchev–Trinajstić information content (AvgIpc) is 3.80. The zero-order valence-corrected chi connectivity index (χ0v) is 26.7. The maximum absolute atomic E-state index is 6.21. The van der Waals surface area contributed by atoms with Crippen LogP contribution >= 0.6 is 0 Å². The first kappa shape index (κ1) is 27.1. The second-order valence-electron chi connectivity index (χ2n) is 13.2. The van der Waals surface area contributed by atoms with Gasteiger partial charge in [-0.05, 0) is 107 Å². The van der Waals surface area contributed by atoms with Gasteiger partial charge in [0.1, 0.15) is 22.3 Å². The van der Waals surface area contributed by atoms with Crippen molar-refractivity contribution < 1.29 is 8.83 Å². The molecule has 3 heterocycles. The topological polar surface area (TPSA) is 31.2 Å². The predicted molar refractivity (Wildman–Crippen MR) is 200 cm³/mol. The van der Waals surface area contributed by atoms with Crippen molar-refractivity contribution in [2.75, 3.05) is 0 Å². The molecule has 0 spiro atoms. The van der Waals surface area contributed by atoms with Crippen molar-refractivity contribution in [3.63, 3.8) is 0 Å². The number of rotatable bonds is 4. The fourth-order valence-corrected chi connectivity index (χ4v) is 7.50. The molecule has 228 valence electrons. The molecule has 0 unspecified atom stereocenters. The molecule has 10 rings (SSSR count). The molecule has 3 aromatic heterocycles. The van der Waals surface area contributed by atoms with E-state index in [-0.39, 0.29) is 0 Å². The number of nitrogens with zero attached hydrogens (tertiary/aromatic N) is 1. The highest BCUT2D eigenvalue weighted by atomic mass is 16.3. The molecule has 0 bridgehead atoms. The van der Waals surface area contributed by atoms with Gasteiger partial charge in [0.05, 0.1) is 11.0 Å². The lowest BCUT2D eigenvalue weighted by Gasteiger charge is -2.09. The van der Waals surface area contributed by atoms with E-state index in [9.17, 15) is 0 Å². The van der Waals surface area contributed by atoms with E-state index >= 15 is 0 Å². The van der Waals surface area contributed by atoms with E-state index in [4.69, 9.17) is 8.83 Å². The molecule has 0 saturated heterocycles. The summed E-state index contributed by atoms with van der Waals surface area (Å²) in [5, 5.41) is 7.07. The molecule has 0 radical (unpaired) electrons. The van der Waals surface area contributed by atoms with Crippen LogP contribution in [0, 0.1) is 0 Å². The zero-order valence-electron chi connectivity index (χ0n) is 26.7. The SMILES string of the molecule is CC(C)c1ccc2oc3ccc(-c4cccc(-c5ccc6c(c5)c5ccccc5n6-c5ccc6oc7ccccc7c6c5)c4)cc3c2c1. The molecule has 0 aliphatic carbocycles. The summed E-state index contributed by atoms with van der Waals surface area (Å²) in [4.78, 5) is 0. The highest BCUT2D eigenvalue weighted by Gasteiger charge is 2.16. The van der Waals surface area contributed by atoms with E-state index in [0.717, 1.165) is 44.2 Å². The van der Waals surface area contributed by atoms with Crippen molar-refractivity contribution in [1.82, 2.24) is 4.57 Å². The number of fused-ring (bicyclic) bond motifs is 9. The first-order valence-electron chi connectivity index (χ1n) is 16.6. The summed E-state index contributed by atoms with van der Waals surface area (Å²) in [6.45, 7) is 4.47. The van der Waals surface area contributed by atoms with Gasteiger partial charge in [-0.25, -0.2) is 0 Å². The quantitative estimate of drug-likeness (QED) is 0.197. The normalized spacial score (nSPS) is 12.1. The summed E-state index contributed by atoms with van der Waals surface area (Å²) in [6, 6.07) is 52.4. The molecule has 0 aliphatic rings. The smallest absolute Gasteiger partial charge is 0.135 e. The third-order valence-corrected chi connectivity index (χ3v) is 9.98. The fourth-order valence-electron chi connectivity index (χ4n) is 7.50. The lowest BCUT2D eigenvalue weighted by molar-refractivity contribution is 0.668. The molecule has 10 aromatic rings. The monoisotopic (exact) mass is 617 g/mol. The fraction of sp³-hybridized carbons (Fsp3) is 0.0667. The number of furan rings is 2. The van der Waals surface area contributed by atoms with Crippen LogP contribution in [-0.4, -0.2) is 4.57 Å². The standard InChI is InChI=1S/C45H31NO2/c1-27(2)28-15-19-43-37(23-28)38-25-32(16-20-44(38)48-43)30-9-7-8-29(22-30)31-14-18-41-36(24-31)34-10-3-5-12-40(34)46(41)33-17-21-45-39(26-33)35-11-4-6-13-42(35)47-45/h3-27H,1-2H3. The van der Waals surface area contributed by atoms with Gasteiger partial charge in [-0.3, -0.25) is 0 Å². The van der Waals surface area contributed by atoms with Crippen LogP contribution in [0.5, 0.6) is 0 Å². The van der Waals surface area contributed by atoms with Crippen LogP contribution in [0.25, 0.3) is 93.6 Å². The Balaban J connectivity index is 1.10. The van der Waals surface area contributed by atoms with Gasteiger partial charge in [0.25, 0.3) is 0 Å². The third kappa shape index (κ3) is 4.07. The molecule has 0 amide bonds. The highest BCUT2D eigenvalue weighted by molar-refractivity contribution is 6.12. The van der Waals surface area contributed by atoms with Crippen LogP contribution in [0.1, 0.15) is 25.3 Å². The van der Waals surface area contributed by atoms with Crippen LogP contribution < -0.4 is 0 Å². The summed E-state index contributed by atoms with van der Waals surface area (Å²) in [6.07, 6.45) is 0. The van der Waals surface area contributed by atoms with Crippen molar-refractivity contribution in [3.8, 4) is 27.9 Å². The van der Waals surface area contributed by atoms with Crippen LogP contribution in [0.4, 0.5) is 0 Å². The summed E-state index contributed by atoms with van der Waals surface area (Å²) < 4.78 is 14.7. The average molecular weight is 618 g/mol. The Hall–Kier alpha value is -6.06. The molecule has 0 aliphatic heterocycles. The summed E-state index contributed by atoms with van der Waals surface area (Å²) >= 11 is 0. The van der Waals surface area contributed by atoms with E-state index in [0.29, 0.717) is 5.92 Å². The van der Waals surface area contributed by atoms with Gasteiger partial charge in [0.2, 0.25) is 0 Å². The van der Waals surface area contributed by atoms with Gasteiger partial charge in [-0.15, -0.1) is 0 Å². The Kier molecular flexibility index (Phi) is 5.77. The number of hydrogen-bond donors (Lipinski definition) is 0. The van der Waals surface area contributed by atoms with Gasteiger partial charge in [0.15, 0.2) is 0 Å². The molecule has 0 fully saturated rings. The van der Waals surface area contributed by atoms with Crippen molar-refractivity contribution >= 4 is 65.7 Å². The second kappa shape index (κ2) is 10.2. The van der Waals surface area contributed by atoms with Crippen LogP contribution in [0.15, 0.2) is 154 Å². The van der Waals surface area contributed by atoms with E-state index in [2.05, 4.69) is 152 Å². The molecule has 3 heteroatoms. The molecule has 48 heavy (non-hydrogen) atoms. The lowest BCUT2D eigenvalue weighted by atomic mass is 9.96. The van der Waals surface area contributed by atoms with Gasteiger partial charge >= 0.3 is 0 Å². The number of para-hydroxylation sites is 2. The van der Waals surface area contributed by atoms with E-state index < -0.39 is 0 Å². The zero-order chi connectivity index (χ0) is 31.9. The van der Waals surface area contributed by atoms with Gasteiger partial charge in [0, 0.05) is 38.0 Å². The first-order valence-corrected chi connectivity index (χ1v) is 16.6. The maximum Gasteiger partial charge on any atom is 0.135 e. The second-order valence-corrected chi connectivity index (χ2v) is 13.2. The van der Waals surface area contributed by atoms with Crippen molar-refractivity contribution in [2.45, 2.75) is 19.8 Å². The molecule has 0 atom stereocenters. The minimum Gasteiger partial charge on any atom is -0.456 e. The molecular formula is C45H31NO2. The molecule has 3 nitrogen and oxygen atoms in total. The Labute approximate surface area is 277 Å². The van der Waals surface area contributed by atoms with Gasteiger partial charge in [-0.2, -0.15) is 0 Å². The van der Waals surface area contributed by atoms with Crippen molar-refractivity contribution in [1.29, 1.82) is 0 Å². The largest absolute Gasteiger partial charge is 0.456 e. The Bertz CT molecular complexity index is 2880. The molecule has 0 N–H and O–H groups in total. The predicted octanol–water partition coefficient (Wildman–Crippen LogP) is 13.0. The number of aromatic nitrogens is 1. The van der Waals surface area contributed by atoms with Crippen LogP contribution in [0.3, 0.4) is 0 Å². The maximum atomic E-state index is 6.21. The third-order valence-electron chi connectivity index (χ3n) is 9.98. The van der Waals surface area contributed by atoms with Gasteiger partial charge in [-0.1, -0.05) is 86.6 Å². The molecule has 7 aromatic carbocycles. The van der Waals surface area contributed by atoms with E-state index in [1.54, 1.807) is 0 Å². The summed E-state index contributed by atoms with van der Waals surface area (Å²) in [5.41, 5.74) is 13.3. The van der Waals surface area contributed by atoms with Crippen LogP contribution in [-0.2, 0) is 0 Å². The Morgan fingerprint density at radius 1 is 0.396 bits per heavy atom. The first-order chi connectivity index (χ1) is 23.6. The minimum atomic E-state index is 0.464. The Morgan fingerprint density at radius 3 is 1.75 bits per heavy atom. The molecule has 0 saturated carbocycles. The minimum absolute atomic E-state index is 0.464. The van der Waals surface area contributed by atoms with Crippen molar-refractivity contribution in [2.24, 2.45) is 0 Å². The number of benzene rings is 7. The van der Waals surface area contributed by atoms with E-state index in [1.165, 1.54) is 55.0 Å². The van der Waals surface area contributed by atoms with Crippen molar-refractivity contribution in [3.05, 3.63) is 151 Å². The number of hydrogen-bond acceptors (Lipinski definition) is 2. The van der Waals surface area contributed by atoms with Crippen LogP contribution in [0.2, 0.25) is 0 Å². The van der Waals surface area contributed by atoms with Gasteiger partial charge < -0.3 is 13.4 Å². The lowest BCUT2D eigenvalue weighted by Crippen LogP contribution is -1.93. The summed E-state index contributed by atoms with van der Waals surface area (Å²) in [7, 11) is 0. The molecular weight excluding hydrogens is 587 g/mol. The highest BCUT2D eigenvalue weighted by Crippen LogP contribution is 2.39. The Morgan fingerprint density at radius 2 is 0.958 bits per heavy atom.